The van der Waals surface area contributed by atoms with Crippen LogP contribution in [-0.4, -0.2) is 32.0 Å². The molecule has 2 N–H and O–H groups in total. The van der Waals surface area contributed by atoms with Crippen LogP contribution in [-0.2, 0) is 4.79 Å². The molecule has 1 amide bonds. The lowest BCUT2D eigenvalue weighted by atomic mass is 10.2. The number of rotatable bonds is 6. The summed E-state index contributed by atoms with van der Waals surface area (Å²) in [5.74, 6) is 2.15. The highest BCUT2D eigenvalue weighted by atomic mass is 35.5. The molecule has 0 bridgehead atoms. The number of benzene rings is 1. The summed E-state index contributed by atoms with van der Waals surface area (Å²) in [5.41, 5.74) is 0.901. The minimum Gasteiger partial charge on any atom is -0.360 e. The van der Waals surface area contributed by atoms with E-state index in [2.05, 4.69) is 25.7 Å². The minimum absolute atomic E-state index is 0.135. The Morgan fingerprint density at radius 3 is 2.88 bits per heavy atom. The Bertz CT molecular complexity index is 831. The Labute approximate surface area is 147 Å². The molecule has 124 valence electrons. The van der Waals surface area contributed by atoms with E-state index in [1.165, 1.54) is 11.8 Å². The van der Waals surface area contributed by atoms with Gasteiger partial charge in [0.15, 0.2) is 11.6 Å². The van der Waals surface area contributed by atoms with Gasteiger partial charge in [0.2, 0.25) is 11.1 Å². The third-order valence-electron chi connectivity index (χ3n) is 3.04. The van der Waals surface area contributed by atoms with Crippen LogP contribution in [0.2, 0.25) is 5.02 Å². The van der Waals surface area contributed by atoms with E-state index in [1.807, 2.05) is 12.1 Å². The van der Waals surface area contributed by atoms with Crippen LogP contribution in [0, 0.1) is 6.92 Å². The van der Waals surface area contributed by atoms with Crippen molar-refractivity contribution in [1.82, 2.24) is 20.3 Å². The number of nitrogens with one attached hydrogen (secondary N) is 2. The molecule has 2 heterocycles. The average molecular weight is 364 g/mol. The monoisotopic (exact) mass is 363 g/mol. The van der Waals surface area contributed by atoms with Crippen molar-refractivity contribution >= 4 is 35.1 Å². The van der Waals surface area contributed by atoms with Crippen LogP contribution in [0.4, 0.5) is 5.82 Å². The summed E-state index contributed by atoms with van der Waals surface area (Å²) in [6.07, 6.45) is 0.321. The lowest BCUT2D eigenvalue weighted by molar-refractivity contribution is -0.115. The van der Waals surface area contributed by atoms with Crippen LogP contribution in [0.5, 0.6) is 0 Å². The third-order valence-corrected chi connectivity index (χ3v) is 4.14. The topological polar surface area (TPSA) is 96.7 Å². The van der Waals surface area contributed by atoms with Gasteiger partial charge in [0.1, 0.15) is 5.76 Å². The molecule has 0 unspecified atom stereocenters. The van der Waals surface area contributed by atoms with Crippen LogP contribution >= 0.6 is 23.4 Å². The quantitative estimate of drug-likeness (QED) is 0.650. The van der Waals surface area contributed by atoms with Crippen LogP contribution < -0.4 is 5.32 Å². The van der Waals surface area contributed by atoms with Gasteiger partial charge in [-0.05, 0) is 31.2 Å². The summed E-state index contributed by atoms with van der Waals surface area (Å²) in [6.45, 7) is 1.76. The number of hydrogen-bond donors (Lipinski definition) is 2. The van der Waals surface area contributed by atoms with Crippen LogP contribution in [0.15, 0.2) is 40.0 Å². The van der Waals surface area contributed by atoms with Gasteiger partial charge in [-0.1, -0.05) is 28.5 Å². The second-order valence-corrected chi connectivity index (χ2v) is 6.44. The molecule has 0 saturated heterocycles. The van der Waals surface area contributed by atoms with E-state index in [-0.39, 0.29) is 5.91 Å². The van der Waals surface area contributed by atoms with Crippen LogP contribution in [0.25, 0.3) is 11.4 Å². The molecular weight excluding hydrogens is 350 g/mol. The molecule has 1 aromatic carbocycles. The van der Waals surface area contributed by atoms with Crippen molar-refractivity contribution in [3.05, 3.63) is 41.1 Å². The Hall–Kier alpha value is -2.32. The zero-order chi connectivity index (χ0) is 16.9. The van der Waals surface area contributed by atoms with E-state index in [0.717, 1.165) is 5.56 Å². The van der Waals surface area contributed by atoms with Gasteiger partial charge >= 0.3 is 0 Å². The Morgan fingerprint density at radius 1 is 1.38 bits per heavy atom. The Morgan fingerprint density at radius 2 is 2.17 bits per heavy atom. The number of halogens is 1. The molecule has 2 aromatic heterocycles. The first-order valence-corrected chi connectivity index (χ1v) is 8.51. The highest BCUT2D eigenvalue weighted by Crippen LogP contribution is 2.21. The minimum atomic E-state index is -0.135. The summed E-state index contributed by atoms with van der Waals surface area (Å²) >= 11 is 7.26. The van der Waals surface area contributed by atoms with Gasteiger partial charge in [0.25, 0.3) is 0 Å². The van der Waals surface area contributed by atoms with Gasteiger partial charge in [-0.15, -0.1) is 5.10 Å². The van der Waals surface area contributed by atoms with E-state index in [9.17, 15) is 4.79 Å². The summed E-state index contributed by atoms with van der Waals surface area (Å²) in [5, 5.41) is 14.6. The number of carbonyl (C=O) groups is 1. The van der Waals surface area contributed by atoms with Crippen LogP contribution in [0.3, 0.4) is 0 Å². The van der Waals surface area contributed by atoms with Crippen molar-refractivity contribution in [3.8, 4) is 11.4 Å². The predicted molar refractivity (Wildman–Crippen MR) is 92.0 cm³/mol. The van der Waals surface area contributed by atoms with Gasteiger partial charge < -0.3 is 9.84 Å². The summed E-state index contributed by atoms with van der Waals surface area (Å²) < 4.78 is 4.89. The number of aromatic nitrogens is 4. The van der Waals surface area contributed by atoms with Gasteiger partial charge in [-0.2, -0.15) is 0 Å². The number of H-pyrrole nitrogens is 1. The molecule has 0 aliphatic rings. The number of aryl methyl sites for hydroxylation is 1. The maximum absolute atomic E-state index is 11.8. The van der Waals surface area contributed by atoms with Gasteiger partial charge in [0, 0.05) is 28.8 Å². The average Bonchev–Trinajstić information content (AvgIpc) is 3.17. The largest absolute Gasteiger partial charge is 0.360 e. The normalized spacial score (nSPS) is 10.8. The number of amides is 1. The van der Waals surface area contributed by atoms with Crippen LogP contribution in [0.1, 0.15) is 12.2 Å². The molecule has 0 aliphatic heterocycles. The maximum atomic E-state index is 11.8. The third kappa shape index (κ3) is 4.36. The molecule has 3 aromatic rings. The number of anilines is 1. The van der Waals surface area contributed by atoms with E-state index >= 15 is 0 Å². The van der Waals surface area contributed by atoms with Crippen molar-refractivity contribution < 1.29 is 9.32 Å². The highest BCUT2D eigenvalue weighted by molar-refractivity contribution is 7.99. The zero-order valence-corrected chi connectivity index (χ0v) is 14.3. The highest BCUT2D eigenvalue weighted by Gasteiger charge is 2.09. The van der Waals surface area contributed by atoms with E-state index in [0.29, 0.717) is 39.8 Å². The molecule has 9 heteroatoms. The summed E-state index contributed by atoms with van der Waals surface area (Å²) in [4.78, 5) is 16.2. The second kappa shape index (κ2) is 7.50. The Balaban J connectivity index is 1.48. The van der Waals surface area contributed by atoms with E-state index in [4.69, 9.17) is 16.1 Å². The smallest absolute Gasteiger partial charge is 0.226 e. The molecule has 0 fully saturated rings. The number of thioether (sulfide) groups is 1. The Kier molecular flexibility index (Phi) is 5.17. The first kappa shape index (κ1) is 16.5. The van der Waals surface area contributed by atoms with Crippen molar-refractivity contribution in [2.75, 3.05) is 11.1 Å². The van der Waals surface area contributed by atoms with Crippen molar-refractivity contribution in [2.24, 2.45) is 0 Å². The number of nitrogens with zero attached hydrogens (tertiary/aromatic N) is 3. The lowest BCUT2D eigenvalue weighted by Crippen LogP contribution is -2.12. The van der Waals surface area contributed by atoms with Crippen molar-refractivity contribution in [2.45, 2.75) is 18.5 Å². The predicted octanol–water partition coefficient (Wildman–Crippen LogP) is 3.54. The fraction of sp³-hybridized carbons (Fsp3) is 0.200. The fourth-order valence-corrected chi connectivity index (χ4v) is 2.78. The molecule has 0 saturated carbocycles. The molecule has 0 atom stereocenters. The zero-order valence-electron chi connectivity index (χ0n) is 12.7. The molecule has 0 radical (unpaired) electrons. The van der Waals surface area contributed by atoms with Gasteiger partial charge in [0.05, 0.1) is 0 Å². The maximum Gasteiger partial charge on any atom is 0.226 e. The summed E-state index contributed by atoms with van der Waals surface area (Å²) in [6, 6.07) is 8.98. The lowest BCUT2D eigenvalue weighted by Gasteiger charge is -1.99. The van der Waals surface area contributed by atoms with Crippen molar-refractivity contribution in [3.63, 3.8) is 0 Å². The number of carbonyl (C=O) groups excluding carboxylic acids is 1. The molecule has 0 aliphatic carbocycles. The molecule has 3 rings (SSSR count). The van der Waals surface area contributed by atoms with E-state index in [1.54, 1.807) is 25.1 Å². The molecule has 24 heavy (non-hydrogen) atoms. The van der Waals surface area contributed by atoms with Crippen molar-refractivity contribution in [1.29, 1.82) is 0 Å². The van der Waals surface area contributed by atoms with Gasteiger partial charge in [-0.25, -0.2) is 4.98 Å². The standard InChI is InChI=1S/C15H14ClN5O2S/c1-9-8-12(21-23-9)17-13(22)6-7-24-15-18-14(19-20-15)10-2-4-11(16)5-3-10/h2-5,8H,6-7H2,1H3,(H,17,21,22)(H,18,19,20). The van der Waals surface area contributed by atoms with E-state index < -0.39 is 0 Å². The fourth-order valence-electron chi connectivity index (χ4n) is 1.91. The second-order valence-electron chi connectivity index (χ2n) is 4.94. The number of hydrogen-bond acceptors (Lipinski definition) is 6. The molecule has 0 spiro atoms. The summed E-state index contributed by atoms with van der Waals surface area (Å²) in [7, 11) is 0. The first-order valence-electron chi connectivity index (χ1n) is 7.14. The number of aromatic amines is 1. The SMILES string of the molecule is Cc1cc(NC(=O)CCSc2n[nH]c(-c3ccc(Cl)cc3)n2)no1. The molecular formula is C15H14ClN5O2S. The first-order chi connectivity index (χ1) is 11.6. The van der Waals surface area contributed by atoms with Gasteiger partial charge in [-0.3, -0.25) is 9.89 Å². The molecule has 7 nitrogen and oxygen atoms in total.